The number of carbonyl (C=O) groups is 2. The van der Waals surface area contributed by atoms with E-state index in [0.717, 1.165) is 88.8 Å². The molecule has 280 valence electrons. The summed E-state index contributed by atoms with van der Waals surface area (Å²) in [6.07, 6.45) is 24.4. The number of nitrogens with zero attached hydrogens (tertiary/aromatic N) is 3. The zero-order valence-corrected chi connectivity index (χ0v) is 32.6. The Balaban J connectivity index is 2.18. The average molecular weight is 676 g/mol. The van der Waals surface area contributed by atoms with E-state index in [2.05, 4.69) is 69.1 Å². The fraction of sp³-hybridized carbons (Fsp3) is 0.878. The van der Waals surface area contributed by atoms with E-state index < -0.39 is 0 Å². The maximum Gasteiger partial charge on any atom is 0.305 e. The quantitative estimate of drug-likeness (QED) is 0.0559. The number of imidazole rings is 1. The summed E-state index contributed by atoms with van der Waals surface area (Å²) < 4.78 is 13.2. The van der Waals surface area contributed by atoms with Crippen molar-refractivity contribution in [3.63, 3.8) is 0 Å². The molecule has 0 aliphatic rings. The highest BCUT2D eigenvalue weighted by Gasteiger charge is 2.10. The molecular weight excluding hydrogens is 598 g/mol. The van der Waals surface area contributed by atoms with Gasteiger partial charge in [0.2, 0.25) is 0 Å². The van der Waals surface area contributed by atoms with Crippen molar-refractivity contribution < 1.29 is 19.1 Å². The Kier molecular flexibility index (Phi) is 26.6. The van der Waals surface area contributed by atoms with Gasteiger partial charge in [0.25, 0.3) is 0 Å². The first-order chi connectivity index (χ1) is 23.1. The molecule has 0 fully saturated rings. The largest absolute Gasteiger partial charge is 0.466 e. The maximum absolute atomic E-state index is 12.1. The van der Waals surface area contributed by atoms with E-state index in [-0.39, 0.29) is 11.9 Å². The summed E-state index contributed by atoms with van der Waals surface area (Å²) in [6, 6.07) is 0. The van der Waals surface area contributed by atoms with E-state index in [1.54, 1.807) is 0 Å². The number of hydrogen-bond acceptors (Lipinski definition) is 6. The molecule has 0 amide bonds. The Morgan fingerprint density at radius 1 is 0.625 bits per heavy atom. The van der Waals surface area contributed by atoms with Gasteiger partial charge >= 0.3 is 11.9 Å². The summed E-state index contributed by atoms with van der Waals surface area (Å²) in [6.45, 7) is 21.2. The zero-order chi connectivity index (χ0) is 35.4. The van der Waals surface area contributed by atoms with Gasteiger partial charge < -0.3 is 18.9 Å². The highest BCUT2D eigenvalue weighted by Crippen LogP contribution is 2.17. The van der Waals surface area contributed by atoms with Gasteiger partial charge in [0.15, 0.2) is 0 Å². The molecule has 2 atom stereocenters. The second-order valence-corrected chi connectivity index (χ2v) is 15.6. The van der Waals surface area contributed by atoms with Crippen molar-refractivity contribution in [3.8, 4) is 0 Å². The molecule has 7 heteroatoms. The van der Waals surface area contributed by atoms with Crippen LogP contribution in [0.4, 0.5) is 0 Å². The fourth-order valence-electron chi connectivity index (χ4n) is 6.13. The Morgan fingerprint density at radius 2 is 1.06 bits per heavy atom. The van der Waals surface area contributed by atoms with Crippen LogP contribution in [0.3, 0.4) is 0 Å². The van der Waals surface area contributed by atoms with Crippen LogP contribution in [0.25, 0.3) is 0 Å². The second-order valence-electron chi connectivity index (χ2n) is 15.6. The highest BCUT2D eigenvalue weighted by molar-refractivity contribution is 5.69. The van der Waals surface area contributed by atoms with E-state index in [9.17, 15) is 9.59 Å². The van der Waals surface area contributed by atoms with Crippen LogP contribution in [0.1, 0.15) is 169 Å². The molecule has 0 aliphatic heterocycles. The summed E-state index contributed by atoms with van der Waals surface area (Å²) in [5.41, 5.74) is 0. The number of aryl methyl sites for hydroxylation is 2. The van der Waals surface area contributed by atoms with Gasteiger partial charge in [-0.15, -0.1) is 0 Å². The molecule has 0 bridgehead atoms. The number of aromatic nitrogens is 2. The van der Waals surface area contributed by atoms with Crippen LogP contribution >= 0.6 is 0 Å². The van der Waals surface area contributed by atoms with Crippen LogP contribution in [0, 0.1) is 30.6 Å². The second kappa shape index (κ2) is 28.9. The molecular formula is C41H77N3O4. The number of rotatable bonds is 32. The minimum absolute atomic E-state index is 0.0251. The summed E-state index contributed by atoms with van der Waals surface area (Å²) in [7, 11) is 0. The first kappa shape index (κ1) is 44.1. The Bertz CT molecular complexity index is 865. The van der Waals surface area contributed by atoms with Gasteiger partial charge in [0.1, 0.15) is 5.82 Å². The Hall–Kier alpha value is -1.89. The van der Waals surface area contributed by atoms with Crippen molar-refractivity contribution >= 4 is 11.9 Å². The van der Waals surface area contributed by atoms with Gasteiger partial charge in [-0.2, -0.15) is 0 Å². The normalized spacial score (nSPS) is 13.0. The molecule has 1 heterocycles. The molecule has 7 nitrogen and oxygen atoms in total. The van der Waals surface area contributed by atoms with E-state index in [0.29, 0.717) is 37.9 Å². The molecule has 0 N–H and O–H groups in total. The monoisotopic (exact) mass is 676 g/mol. The molecule has 1 rings (SSSR count). The molecule has 0 spiro atoms. The molecule has 0 saturated heterocycles. The molecule has 0 radical (unpaired) electrons. The molecule has 0 aromatic carbocycles. The number of hydrogen-bond donors (Lipinski definition) is 0. The number of unbranched alkanes of at least 4 members (excludes halogenated alkanes) is 8. The lowest BCUT2D eigenvalue weighted by molar-refractivity contribution is -0.145. The third kappa shape index (κ3) is 26.0. The van der Waals surface area contributed by atoms with Gasteiger partial charge in [0, 0.05) is 31.8 Å². The van der Waals surface area contributed by atoms with Crippen LogP contribution in [0.15, 0.2) is 12.4 Å². The summed E-state index contributed by atoms with van der Waals surface area (Å²) in [4.78, 5) is 31.3. The predicted molar refractivity (Wildman–Crippen MR) is 201 cm³/mol. The van der Waals surface area contributed by atoms with Crippen molar-refractivity contribution in [1.82, 2.24) is 14.5 Å². The standard InChI is InChI=1S/C41H77N3O4/c1-35(2)21-23-37(5)25-33-47-40(45)19-14-10-8-12-16-28-43(30-18-31-44-32-27-42-39(44)7)29-17-13-9-11-15-20-41(46)48-34-26-38(6)24-22-36(3)4/h27,32,35-38H,8-26,28-31,33-34H2,1-7H3. The van der Waals surface area contributed by atoms with Gasteiger partial charge in [-0.25, -0.2) is 4.98 Å². The maximum atomic E-state index is 12.1. The first-order valence-corrected chi connectivity index (χ1v) is 20.1. The van der Waals surface area contributed by atoms with Crippen LogP contribution in [-0.2, 0) is 25.6 Å². The van der Waals surface area contributed by atoms with E-state index >= 15 is 0 Å². The van der Waals surface area contributed by atoms with Gasteiger partial charge in [0.05, 0.1) is 13.2 Å². The molecule has 1 aromatic heterocycles. The lowest BCUT2D eigenvalue weighted by atomic mass is 9.97. The topological polar surface area (TPSA) is 73.7 Å². The lowest BCUT2D eigenvalue weighted by Crippen LogP contribution is -2.28. The Morgan fingerprint density at radius 3 is 1.50 bits per heavy atom. The van der Waals surface area contributed by atoms with Crippen molar-refractivity contribution in [3.05, 3.63) is 18.2 Å². The van der Waals surface area contributed by atoms with Crippen molar-refractivity contribution in [2.24, 2.45) is 23.7 Å². The third-order valence-electron chi connectivity index (χ3n) is 9.73. The van der Waals surface area contributed by atoms with E-state index in [4.69, 9.17) is 9.47 Å². The number of esters is 2. The van der Waals surface area contributed by atoms with Crippen LogP contribution in [0.5, 0.6) is 0 Å². The number of carbonyl (C=O) groups excluding carboxylic acids is 2. The van der Waals surface area contributed by atoms with Crippen LogP contribution < -0.4 is 0 Å². The smallest absolute Gasteiger partial charge is 0.305 e. The Labute approximate surface area is 296 Å². The fourth-order valence-corrected chi connectivity index (χ4v) is 6.13. The molecule has 48 heavy (non-hydrogen) atoms. The van der Waals surface area contributed by atoms with Gasteiger partial charge in [-0.1, -0.05) is 106 Å². The third-order valence-corrected chi connectivity index (χ3v) is 9.73. The molecule has 0 aliphatic carbocycles. The summed E-state index contributed by atoms with van der Waals surface area (Å²) in [5.74, 6) is 3.77. The minimum Gasteiger partial charge on any atom is -0.466 e. The minimum atomic E-state index is -0.0251. The SMILES string of the molecule is Cc1nccn1CCCN(CCCCCCCC(=O)OCCC(C)CCC(C)C)CCCCCCCC(=O)OCCC(C)CCC(C)C. The van der Waals surface area contributed by atoms with Crippen molar-refractivity contribution in [2.75, 3.05) is 32.8 Å². The molecule has 1 aromatic rings. The average Bonchev–Trinajstić information content (AvgIpc) is 3.45. The van der Waals surface area contributed by atoms with Crippen LogP contribution in [0.2, 0.25) is 0 Å². The highest BCUT2D eigenvalue weighted by atomic mass is 16.5. The first-order valence-electron chi connectivity index (χ1n) is 20.1. The van der Waals surface area contributed by atoms with Crippen molar-refractivity contribution in [1.29, 1.82) is 0 Å². The van der Waals surface area contributed by atoms with Crippen molar-refractivity contribution in [2.45, 2.75) is 177 Å². The summed E-state index contributed by atoms with van der Waals surface area (Å²) >= 11 is 0. The van der Waals surface area contributed by atoms with E-state index in [1.165, 1.54) is 64.2 Å². The van der Waals surface area contributed by atoms with E-state index in [1.807, 2.05) is 6.20 Å². The predicted octanol–water partition coefficient (Wildman–Crippen LogP) is 10.6. The van der Waals surface area contributed by atoms with Gasteiger partial charge in [-0.05, 0) is 95.2 Å². The zero-order valence-electron chi connectivity index (χ0n) is 32.6. The summed E-state index contributed by atoms with van der Waals surface area (Å²) in [5, 5.41) is 0. The van der Waals surface area contributed by atoms with Crippen LogP contribution in [-0.4, -0.2) is 59.2 Å². The molecule has 0 saturated carbocycles. The lowest BCUT2D eigenvalue weighted by Gasteiger charge is -2.22. The number of ether oxygens (including phenoxy) is 2. The van der Waals surface area contributed by atoms with Gasteiger partial charge in [-0.3, -0.25) is 9.59 Å². The molecule has 2 unspecified atom stereocenters.